The van der Waals surface area contributed by atoms with Gasteiger partial charge >= 0.3 is 5.97 Å². The molecular formula is C27H23N5O2. The van der Waals surface area contributed by atoms with Crippen molar-refractivity contribution in [1.29, 1.82) is 0 Å². The smallest absolute Gasteiger partial charge is 0.310 e. The number of H-pyrrole nitrogens is 1. The normalized spacial score (nSPS) is 11.3. The molecule has 7 heteroatoms. The molecule has 168 valence electrons. The van der Waals surface area contributed by atoms with Crippen molar-refractivity contribution in [1.82, 2.24) is 20.4 Å². The van der Waals surface area contributed by atoms with Gasteiger partial charge in [-0.15, -0.1) is 5.10 Å². The first kappa shape index (κ1) is 21.3. The average molecular weight is 450 g/mol. The Morgan fingerprint density at radius 2 is 1.41 bits per heavy atom. The van der Waals surface area contributed by atoms with Crippen LogP contribution < -0.4 is 10.1 Å². The molecule has 0 bridgehead atoms. The van der Waals surface area contributed by atoms with E-state index in [4.69, 9.17) is 9.72 Å². The van der Waals surface area contributed by atoms with Crippen LogP contribution >= 0.6 is 0 Å². The first-order valence-electron chi connectivity index (χ1n) is 11.1. The van der Waals surface area contributed by atoms with Crippen LogP contribution in [0, 0.1) is 0 Å². The Labute approximate surface area is 196 Å². The molecule has 0 aliphatic rings. The number of aromatic amines is 1. The number of nitrogens with zero attached hydrogens (tertiary/aromatic N) is 3. The Morgan fingerprint density at radius 3 is 1.91 bits per heavy atom. The van der Waals surface area contributed by atoms with Crippen LogP contribution in [-0.2, 0) is 10.3 Å². The van der Waals surface area contributed by atoms with Gasteiger partial charge in [-0.2, -0.15) is 0 Å². The van der Waals surface area contributed by atoms with Crippen molar-refractivity contribution in [3.8, 4) is 5.75 Å². The molecule has 0 saturated heterocycles. The number of esters is 1. The number of pyridine rings is 1. The first-order chi connectivity index (χ1) is 16.7. The summed E-state index contributed by atoms with van der Waals surface area (Å²) in [7, 11) is 0. The van der Waals surface area contributed by atoms with E-state index in [0.717, 1.165) is 16.7 Å². The average Bonchev–Trinajstić information content (AvgIpc) is 3.38. The molecule has 3 aromatic carbocycles. The van der Waals surface area contributed by atoms with E-state index in [2.05, 4.69) is 57.1 Å². The molecule has 0 aliphatic carbocycles. The molecule has 7 nitrogen and oxygen atoms in total. The van der Waals surface area contributed by atoms with E-state index < -0.39 is 5.54 Å². The number of fused-ring (bicyclic) bond motifs is 1. The van der Waals surface area contributed by atoms with E-state index in [1.165, 1.54) is 0 Å². The lowest BCUT2D eigenvalue weighted by Crippen LogP contribution is -2.38. The molecule has 0 amide bonds. The topological polar surface area (TPSA) is 92.8 Å². The number of hydrogen-bond donors (Lipinski definition) is 2. The minimum Gasteiger partial charge on any atom is -0.424 e. The molecule has 5 rings (SSSR count). The van der Waals surface area contributed by atoms with Crippen molar-refractivity contribution in [2.45, 2.75) is 18.9 Å². The summed E-state index contributed by atoms with van der Waals surface area (Å²) in [4.78, 5) is 16.8. The largest absolute Gasteiger partial charge is 0.424 e. The highest BCUT2D eigenvalue weighted by atomic mass is 16.5. The second kappa shape index (κ2) is 9.15. The molecule has 2 aromatic heterocycles. The highest BCUT2D eigenvalue weighted by molar-refractivity contribution is 5.84. The zero-order valence-corrected chi connectivity index (χ0v) is 18.6. The van der Waals surface area contributed by atoms with Crippen LogP contribution in [0.1, 0.15) is 30.0 Å². The minimum absolute atomic E-state index is 0.242. The van der Waals surface area contributed by atoms with Crippen molar-refractivity contribution in [2.75, 3.05) is 5.32 Å². The molecule has 2 heterocycles. The van der Waals surface area contributed by atoms with E-state index in [1.54, 1.807) is 13.0 Å². The van der Waals surface area contributed by atoms with Gasteiger partial charge in [0.25, 0.3) is 0 Å². The molecule has 0 saturated carbocycles. The fourth-order valence-electron chi connectivity index (χ4n) is 4.12. The number of ether oxygens (including phenoxy) is 1. The number of benzene rings is 3. The van der Waals surface area contributed by atoms with Crippen LogP contribution in [0.4, 0.5) is 5.82 Å². The second-order valence-corrected chi connectivity index (χ2v) is 7.82. The van der Waals surface area contributed by atoms with Crippen molar-refractivity contribution >= 4 is 23.0 Å². The summed E-state index contributed by atoms with van der Waals surface area (Å²) in [6.07, 6.45) is 0.242. The third kappa shape index (κ3) is 3.88. The van der Waals surface area contributed by atoms with Gasteiger partial charge in [0.05, 0.1) is 0 Å². The first-order valence-corrected chi connectivity index (χ1v) is 11.1. The lowest BCUT2D eigenvalue weighted by molar-refractivity contribution is -0.133. The Bertz CT molecular complexity index is 1310. The van der Waals surface area contributed by atoms with E-state index in [9.17, 15) is 4.79 Å². The van der Waals surface area contributed by atoms with Crippen LogP contribution in [0.2, 0.25) is 0 Å². The number of carbonyl (C=O) groups is 1. The van der Waals surface area contributed by atoms with Crippen LogP contribution in [0.3, 0.4) is 0 Å². The van der Waals surface area contributed by atoms with Crippen molar-refractivity contribution in [3.05, 3.63) is 114 Å². The van der Waals surface area contributed by atoms with Crippen molar-refractivity contribution in [3.63, 3.8) is 0 Å². The lowest BCUT2D eigenvalue weighted by Gasteiger charge is -2.37. The van der Waals surface area contributed by atoms with E-state index >= 15 is 0 Å². The van der Waals surface area contributed by atoms with Gasteiger partial charge in [-0.05, 0) is 16.7 Å². The third-order valence-corrected chi connectivity index (χ3v) is 5.71. The van der Waals surface area contributed by atoms with Crippen LogP contribution in [0.25, 0.3) is 11.2 Å². The summed E-state index contributed by atoms with van der Waals surface area (Å²) < 4.78 is 5.57. The van der Waals surface area contributed by atoms with Gasteiger partial charge in [0.2, 0.25) is 0 Å². The van der Waals surface area contributed by atoms with Crippen LogP contribution in [-0.4, -0.2) is 26.4 Å². The maximum atomic E-state index is 12.1. The summed E-state index contributed by atoms with van der Waals surface area (Å²) in [5, 5.41) is 14.4. The van der Waals surface area contributed by atoms with Crippen LogP contribution in [0.15, 0.2) is 97.1 Å². The number of nitrogens with one attached hydrogen (secondary N) is 2. The fourth-order valence-corrected chi connectivity index (χ4v) is 4.12. The standard InChI is InChI=1S/C27H23N5O2/c1-2-24(33)34-22-18-23(28-26-25(22)30-32-31-26)29-27(19-12-6-3-7-13-19,20-14-8-4-9-15-20)21-16-10-5-11-17-21/h3-18H,2H2,1H3,(H2,28,29,30,31,32). The lowest BCUT2D eigenvalue weighted by atomic mass is 9.77. The van der Waals surface area contributed by atoms with E-state index in [-0.39, 0.29) is 12.4 Å². The Hall–Kier alpha value is -4.52. The van der Waals surface area contributed by atoms with Gasteiger partial charge in [-0.25, -0.2) is 10.1 Å². The van der Waals surface area contributed by atoms with Gasteiger partial charge in [0, 0.05) is 12.5 Å². The highest BCUT2D eigenvalue weighted by Gasteiger charge is 2.37. The molecule has 0 radical (unpaired) electrons. The minimum atomic E-state index is -0.774. The van der Waals surface area contributed by atoms with Crippen LogP contribution in [0.5, 0.6) is 5.75 Å². The summed E-state index contributed by atoms with van der Waals surface area (Å²) in [6, 6.07) is 32.3. The molecule has 2 N–H and O–H groups in total. The summed E-state index contributed by atoms with van der Waals surface area (Å²) >= 11 is 0. The summed E-state index contributed by atoms with van der Waals surface area (Å²) in [6.45, 7) is 1.74. The SMILES string of the molecule is CCC(=O)Oc1cc(NC(c2ccccc2)(c2ccccc2)c2ccccc2)nc2[nH]nnc12. The number of aromatic nitrogens is 4. The Balaban J connectivity index is 1.74. The molecule has 34 heavy (non-hydrogen) atoms. The molecule has 0 unspecified atom stereocenters. The molecule has 0 atom stereocenters. The van der Waals surface area contributed by atoms with E-state index in [0.29, 0.717) is 22.7 Å². The summed E-state index contributed by atoms with van der Waals surface area (Å²) in [5.74, 6) is 0.451. The van der Waals surface area contributed by atoms with Crippen molar-refractivity contribution in [2.24, 2.45) is 0 Å². The Kier molecular flexibility index (Phi) is 5.74. The summed E-state index contributed by atoms with van der Waals surface area (Å²) in [5.41, 5.74) is 3.14. The van der Waals surface area contributed by atoms with Gasteiger partial charge in [-0.3, -0.25) is 4.79 Å². The molecule has 0 spiro atoms. The monoisotopic (exact) mass is 449 g/mol. The fraction of sp³-hybridized carbons (Fsp3) is 0.111. The number of anilines is 1. The third-order valence-electron chi connectivity index (χ3n) is 5.71. The van der Waals surface area contributed by atoms with Gasteiger partial charge < -0.3 is 10.1 Å². The van der Waals surface area contributed by atoms with Gasteiger partial charge in [-0.1, -0.05) is 103 Å². The molecular weight excluding hydrogens is 426 g/mol. The molecule has 5 aromatic rings. The Morgan fingerprint density at radius 1 is 0.882 bits per heavy atom. The zero-order chi connectivity index (χ0) is 23.4. The van der Waals surface area contributed by atoms with Gasteiger partial charge in [0.1, 0.15) is 11.4 Å². The number of hydrogen-bond acceptors (Lipinski definition) is 6. The molecule has 0 fully saturated rings. The van der Waals surface area contributed by atoms with Gasteiger partial charge in [0.15, 0.2) is 16.9 Å². The quantitative estimate of drug-likeness (QED) is 0.266. The highest BCUT2D eigenvalue weighted by Crippen LogP contribution is 2.40. The number of rotatable bonds is 7. The maximum Gasteiger partial charge on any atom is 0.310 e. The second-order valence-electron chi connectivity index (χ2n) is 7.82. The van der Waals surface area contributed by atoms with Crippen molar-refractivity contribution < 1.29 is 9.53 Å². The predicted molar refractivity (Wildman–Crippen MR) is 130 cm³/mol. The maximum absolute atomic E-state index is 12.1. The zero-order valence-electron chi connectivity index (χ0n) is 18.6. The molecule has 0 aliphatic heterocycles. The predicted octanol–water partition coefficient (Wildman–Crippen LogP) is 5.07. The number of carbonyl (C=O) groups excluding carboxylic acids is 1. The van der Waals surface area contributed by atoms with E-state index in [1.807, 2.05) is 54.6 Å².